The summed E-state index contributed by atoms with van der Waals surface area (Å²) in [5, 5.41) is 3.39. The Morgan fingerprint density at radius 1 is 1.00 bits per heavy atom. The van der Waals surface area contributed by atoms with Gasteiger partial charge in [-0.15, -0.1) is 0 Å². The van der Waals surface area contributed by atoms with E-state index >= 15 is 0 Å². The molecule has 1 aliphatic heterocycles. The lowest BCUT2D eigenvalue weighted by atomic mass is 10.1. The van der Waals surface area contributed by atoms with E-state index in [1.807, 2.05) is 27.8 Å². The number of hydrogen-bond donors (Lipinski definition) is 2. The maximum absolute atomic E-state index is 5.79. The molecule has 8 heteroatoms. The molecule has 3 rings (SSSR count). The number of piperazine rings is 1. The second-order valence-corrected chi connectivity index (χ2v) is 14.2. The summed E-state index contributed by atoms with van der Waals surface area (Å²) in [5.41, 5.74) is 13.2. The van der Waals surface area contributed by atoms with Crippen molar-refractivity contribution in [2.24, 2.45) is 10.7 Å². The SMILES string of the molecule is C\C=C/C(/C=C/C(=C/C=NCCSSCC[n+]1ccc(/C=C/c2ccc(N(CC)CCN)c(C)c2)cc1)CC)=C\C=C\N1CCNCC1. The summed E-state index contributed by atoms with van der Waals surface area (Å²) >= 11 is 0. The van der Waals surface area contributed by atoms with E-state index in [0.717, 1.165) is 70.3 Å². The molecular weight excluding hydrogens is 629 g/mol. The quantitative estimate of drug-likeness (QED) is 0.0495. The molecule has 6 nitrogen and oxygen atoms in total. The third-order valence-corrected chi connectivity index (χ3v) is 10.3. The minimum Gasteiger partial charge on any atom is -0.375 e. The van der Waals surface area contributed by atoms with Gasteiger partial charge in [-0.05, 0) is 85.5 Å². The number of aromatic nitrogens is 1. The van der Waals surface area contributed by atoms with Gasteiger partial charge in [0.05, 0.1) is 5.75 Å². The molecule has 0 saturated carbocycles. The highest BCUT2D eigenvalue weighted by molar-refractivity contribution is 8.76. The van der Waals surface area contributed by atoms with E-state index in [9.17, 15) is 0 Å². The number of aryl methyl sites for hydroxylation is 2. The van der Waals surface area contributed by atoms with Crippen LogP contribution in [0.1, 0.15) is 43.9 Å². The second kappa shape index (κ2) is 23.9. The lowest BCUT2D eigenvalue weighted by molar-refractivity contribution is -0.692. The van der Waals surface area contributed by atoms with Gasteiger partial charge in [-0.25, -0.2) is 4.57 Å². The molecule has 0 atom stereocenters. The van der Waals surface area contributed by atoms with Crippen LogP contribution in [0.15, 0.2) is 108 Å². The lowest BCUT2D eigenvalue weighted by Crippen LogP contribution is -2.40. The summed E-state index contributed by atoms with van der Waals surface area (Å²) in [6, 6.07) is 11.0. The summed E-state index contributed by atoms with van der Waals surface area (Å²) < 4.78 is 2.25. The number of nitrogens with two attached hydrogens (primary N) is 1. The maximum atomic E-state index is 5.79. The van der Waals surface area contributed by atoms with E-state index in [1.165, 1.54) is 33.5 Å². The van der Waals surface area contributed by atoms with Gasteiger partial charge in [0.15, 0.2) is 18.9 Å². The summed E-state index contributed by atoms with van der Waals surface area (Å²) in [4.78, 5) is 9.31. The minimum absolute atomic E-state index is 0.667. The Kier molecular flexibility index (Phi) is 19.5. The first-order valence-electron chi connectivity index (χ1n) is 17.4. The number of nitrogens with zero attached hydrogens (tertiary/aromatic N) is 4. The molecule has 1 aliphatic rings. The largest absolute Gasteiger partial charge is 0.375 e. The van der Waals surface area contributed by atoms with Crippen molar-refractivity contribution in [1.29, 1.82) is 0 Å². The smallest absolute Gasteiger partial charge is 0.169 e. The van der Waals surface area contributed by atoms with Gasteiger partial charge in [-0.3, -0.25) is 4.99 Å². The van der Waals surface area contributed by atoms with E-state index in [1.54, 1.807) is 0 Å². The van der Waals surface area contributed by atoms with Crippen LogP contribution in [-0.4, -0.2) is 75.0 Å². The Morgan fingerprint density at radius 3 is 2.48 bits per heavy atom. The zero-order valence-corrected chi connectivity index (χ0v) is 31.2. The third-order valence-electron chi connectivity index (χ3n) is 7.94. The van der Waals surface area contributed by atoms with E-state index in [2.05, 4.69) is 156 Å². The van der Waals surface area contributed by atoms with Crippen molar-refractivity contribution in [3.63, 3.8) is 0 Å². The van der Waals surface area contributed by atoms with Crippen molar-refractivity contribution in [3.05, 3.63) is 119 Å². The molecular formula is C40H57N6S2+. The Morgan fingerprint density at radius 2 is 1.77 bits per heavy atom. The van der Waals surface area contributed by atoms with Gasteiger partial charge < -0.3 is 20.9 Å². The van der Waals surface area contributed by atoms with Crippen molar-refractivity contribution in [1.82, 2.24) is 10.2 Å². The normalized spacial score (nSPS) is 15.0. The van der Waals surface area contributed by atoms with Crippen LogP contribution >= 0.6 is 21.6 Å². The Balaban J connectivity index is 1.34. The topological polar surface area (TPSA) is 60.8 Å². The Bertz CT molecular complexity index is 1420. The number of aliphatic imine (C=N–C) groups is 1. The molecule has 2 heterocycles. The van der Waals surface area contributed by atoms with E-state index < -0.39 is 0 Å². The molecule has 0 bridgehead atoms. The molecule has 2 aromatic rings. The number of allylic oxidation sites excluding steroid dienone is 9. The van der Waals surface area contributed by atoms with Gasteiger partial charge in [0.25, 0.3) is 0 Å². The molecule has 0 amide bonds. The van der Waals surface area contributed by atoms with E-state index in [0.29, 0.717) is 6.54 Å². The lowest BCUT2D eigenvalue weighted by Gasteiger charge is -2.25. The molecule has 3 N–H and O–H groups in total. The second-order valence-electron chi connectivity index (χ2n) is 11.5. The predicted octanol–water partition coefficient (Wildman–Crippen LogP) is 7.50. The van der Waals surface area contributed by atoms with Crippen molar-refractivity contribution < 1.29 is 4.57 Å². The first-order chi connectivity index (χ1) is 23.6. The number of benzene rings is 1. The number of pyridine rings is 1. The van der Waals surface area contributed by atoms with Gasteiger partial charge in [0.2, 0.25) is 0 Å². The molecule has 1 aromatic heterocycles. The number of nitrogens with one attached hydrogen (secondary N) is 1. The van der Waals surface area contributed by atoms with Crippen LogP contribution < -0.4 is 20.5 Å². The molecule has 1 fully saturated rings. The third kappa shape index (κ3) is 15.3. The predicted molar refractivity (Wildman–Crippen MR) is 216 cm³/mol. The first kappa shape index (κ1) is 39.1. The van der Waals surface area contributed by atoms with Gasteiger partial charge in [-0.2, -0.15) is 0 Å². The fraction of sp³-hybridized carbons (Fsp3) is 0.400. The summed E-state index contributed by atoms with van der Waals surface area (Å²) in [5.74, 6) is 2.08. The summed E-state index contributed by atoms with van der Waals surface area (Å²) in [6.07, 6.45) is 28.9. The van der Waals surface area contributed by atoms with Crippen LogP contribution in [0.2, 0.25) is 0 Å². The number of hydrogen-bond acceptors (Lipinski definition) is 7. The van der Waals surface area contributed by atoms with Gasteiger partial charge in [0.1, 0.15) is 0 Å². The van der Waals surface area contributed by atoms with Crippen LogP contribution in [0, 0.1) is 6.92 Å². The number of likely N-dealkylation sites (N-methyl/N-ethyl adjacent to an activating group) is 1. The summed E-state index contributed by atoms with van der Waals surface area (Å²) in [7, 11) is 3.81. The van der Waals surface area contributed by atoms with Crippen molar-refractivity contribution in [3.8, 4) is 0 Å². The van der Waals surface area contributed by atoms with E-state index in [4.69, 9.17) is 5.73 Å². The van der Waals surface area contributed by atoms with E-state index in [-0.39, 0.29) is 0 Å². The standard InChI is InChI=1S/C40H57N6S2/c1-5-9-37(10-8-25-44-29-22-43-23-30-44)12-11-36(6-2)17-21-42-24-32-47-48-33-31-45-26-18-38(19-27-45)13-14-39-15-16-40(35(4)34-39)46(7-3)28-20-41/h5,8-19,21,25-27,34,43H,6-7,20,22-24,28-33,41H2,1-4H3/q+1/b9-5-,12-11+,25-8+,36-17+,37-10+,42-21?. The average Bonchev–Trinajstić information content (AvgIpc) is 3.11. The van der Waals surface area contributed by atoms with Gasteiger partial charge in [-0.1, -0.05) is 77.1 Å². The fourth-order valence-corrected chi connectivity index (χ4v) is 7.05. The molecule has 0 spiro atoms. The fourth-order valence-electron chi connectivity index (χ4n) is 5.20. The maximum Gasteiger partial charge on any atom is 0.169 e. The van der Waals surface area contributed by atoms with Crippen molar-refractivity contribution >= 4 is 45.6 Å². The van der Waals surface area contributed by atoms with Crippen molar-refractivity contribution in [2.45, 2.75) is 40.7 Å². The molecule has 0 unspecified atom stereocenters. The monoisotopic (exact) mass is 685 g/mol. The van der Waals surface area contributed by atoms with Crippen LogP contribution in [0.25, 0.3) is 12.2 Å². The van der Waals surface area contributed by atoms with Gasteiger partial charge in [0, 0.05) is 82.1 Å². The number of rotatable bonds is 20. The van der Waals surface area contributed by atoms with Gasteiger partial charge >= 0.3 is 0 Å². The molecule has 0 aliphatic carbocycles. The highest BCUT2D eigenvalue weighted by atomic mass is 33.1. The zero-order valence-electron chi connectivity index (χ0n) is 29.6. The first-order valence-corrected chi connectivity index (χ1v) is 19.8. The average molecular weight is 686 g/mol. The van der Waals surface area contributed by atoms with Crippen LogP contribution in [0.4, 0.5) is 5.69 Å². The Labute approximate surface area is 298 Å². The molecule has 0 radical (unpaired) electrons. The van der Waals surface area contributed by atoms with Crippen molar-refractivity contribution in [2.75, 3.05) is 68.8 Å². The minimum atomic E-state index is 0.667. The molecule has 1 aromatic carbocycles. The molecule has 48 heavy (non-hydrogen) atoms. The van der Waals surface area contributed by atoms with Crippen LogP contribution in [0.5, 0.6) is 0 Å². The molecule has 258 valence electrons. The summed E-state index contributed by atoms with van der Waals surface area (Å²) in [6.45, 7) is 17.2. The van der Waals surface area contributed by atoms with Crippen LogP contribution in [0.3, 0.4) is 0 Å². The highest BCUT2D eigenvalue weighted by Gasteiger charge is 2.07. The Hall–Kier alpha value is -3.30. The highest BCUT2D eigenvalue weighted by Crippen LogP contribution is 2.22. The number of anilines is 1. The van der Waals surface area contributed by atoms with Crippen LogP contribution in [-0.2, 0) is 6.54 Å². The zero-order chi connectivity index (χ0) is 34.2. The molecule has 1 saturated heterocycles.